The molecule has 0 radical (unpaired) electrons. The smallest absolute Gasteiger partial charge is 0.161 e. The largest absolute Gasteiger partial charge is 0.493 e. The van der Waals surface area contributed by atoms with Crippen molar-refractivity contribution < 1.29 is 14.6 Å². The zero-order chi connectivity index (χ0) is 21.5. The van der Waals surface area contributed by atoms with Gasteiger partial charge in [0.15, 0.2) is 11.5 Å². The molecule has 2 fully saturated rings. The van der Waals surface area contributed by atoms with Crippen LogP contribution in [0.25, 0.3) is 0 Å². The number of aliphatic hydroxyl groups excluding tert-OH is 1. The van der Waals surface area contributed by atoms with Gasteiger partial charge in [-0.15, -0.1) is 0 Å². The Labute approximate surface area is 182 Å². The van der Waals surface area contributed by atoms with Gasteiger partial charge in [-0.3, -0.25) is 9.80 Å². The quantitative estimate of drug-likeness (QED) is 0.664. The highest BCUT2D eigenvalue weighted by molar-refractivity contribution is 5.43. The number of aliphatic hydroxyl groups is 1. The highest BCUT2D eigenvalue weighted by Gasteiger charge is 2.33. The summed E-state index contributed by atoms with van der Waals surface area (Å²) >= 11 is 0. The van der Waals surface area contributed by atoms with Crippen LogP contribution in [0.5, 0.6) is 11.5 Å². The predicted molar refractivity (Wildman–Crippen MR) is 121 cm³/mol. The fraction of sp³-hybridized carbons (Fsp3) is 0.750. The molecule has 0 aliphatic carbocycles. The van der Waals surface area contributed by atoms with E-state index >= 15 is 0 Å². The van der Waals surface area contributed by atoms with Gasteiger partial charge in [-0.2, -0.15) is 0 Å². The molecule has 2 aliphatic rings. The van der Waals surface area contributed by atoms with Gasteiger partial charge in [0.25, 0.3) is 0 Å². The molecule has 1 atom stereocenters. The molecular formula is C24H41N3O3. The maximum atomic E-state index is 9.69. The summed E-state index contributed by atoms with van der Waals surface area (Å²) in [6, 6.07) is 7.98. The predicted octanol–water partition coefficient (Wildman–Crippen LogP) is 2.84. The molecule has 30 heavy (non-hydrogen) atoms. The Bertz CT molecular complexity index is 647. The van der Waals surface area contributed by atoms with E-state index in [0.29, 0.717) is 24.7 Å². The molecule has 1 aromatic carbocycles. The monoisotopic (exact) mass is 419 g/mol. The standard InChI is InChI=1S/C24H41N3O3/c1-5-30-24-16-20(6-7-23(24)29-4)17-25-13-14-27(22(18-25)10-15-28)21-8-11-26(12-9-21)19(2)3/h6-7,16,19,21-22,28H,5,8-15,17-18H2,1-4H3. The maximum Gasteiger partial charge on any atom is 0.161 e. The summed E-state index contributed by atoms with van der Waals surface area (Å²) in [5.74, 6) is 1.61. The lowest BCUT2D eigenvalue weighted by atomic mass is 9.97. The van der Waals surface area contributed by atoms with Crippen molar-refractivity contribution in [3.8, 4) is 11.5 Å². The van der Waals surface area contributed by atoms with E-state index in [2.05, 4.69) is 40.7 Å². The van der Waals surface area contributed by atoms with Gasteiger partial charge in [-0.25, -0.2) is 0 Å². The van der Waals surface area contributed by atoms with E-state index in [1.165, 1.54) is 31.5 Å². The molecule has 1 unspecified atom stereocenters. The van der Waals surface area contributed by atoms with Crippen LogP contribution in [0.2, 0.25) is 0 Å². The second-order valence-corrected chi connectivity index (χ2v) is 8.92. The third kappa shape index (κ3) is 5.88. The van der Waals surface area contributed by atoms with Crippen LogP contribution >= 0.6 is 0 Å². The topological polar surface area (TPSA) is 48.4 Å². The zero-order valence-corrected chi connectivity index (χ0v) is 19.3. The summed E-state index contributed by atoms with van der Waals surface area (Å²) in [5.41, 5.74) is 1.25. The van der Waals surface area contributed by atoms with Crippen molar-refractivity contribution in [2.45, 2.75) is 64.7 Å². The lowest BCUT2D eigenvalue weighted by Crippen LogP contribution is -2.58. The molecule has 170 valence electrons. The summed E-state index contributed by atoms with van der Waals surface area (Å²) in [6.07, 6.45) is 3.35. The Hall–Kier alpha value is -1.34. The Morgan fingerprint density at radius 2 is 1.87 bits per heavy atom. The molecule has 2 saturated heterocycles. The maximum absolute atomic E-state index is 9.69. The Balaban J connectivity index is 1.60. The van der Waals surface area contributed by atoms with Gasteiger partial charge in [-0.1, -0.05) is 6.07 Å². The third-order valence-corrected chi connectivity index (χ3v) is 6.71. The molecule has 0 bridgehead atoms. The van der Waals surface area contributed by atoms with E-state index in [0.717, 1.165) is 44.1 Å². The van der Waals surface area contributed by atoms with E-state index in [1.807, 2.05) is 13.0 Å². The first-order valence-corrected chi connectivity index (χ1v) is 11.7. The highest BCUT2D eigenvalue weighted by atomic mass is 16.5. The average Bonchev–Trinajstić information content (AvgIpc) is 2.75. The van der Waals surface area contributed by atoms with Gasteiger partial charge in [0.2, 0.25) is 0 Å². The number of piperidine rings is 1. The summed E-state index contributed by atoms with van der Waals surface area (Å²) in [7, 11) is 1.68. The molecular weight excluding hydrogens is 378 g/mol. The van der Waals surface area contributed by atoms with E-state index in [1.54, 1.807) is 7.11 Å². The van der Waals surface area contributed by atoms with E-state index < -0.39 is 0 Å². The van der Waals surface area contributed by atoms with Crippen molar-refractivity contribution in [3.05, 3.63) is 23.8 Å². The highest BCUT2D eigenvalue weighted by Crippen LogP contribution is 2.30. The van der Waals surface area contributed by atoms with Crippen LogP contribution in [0.4, 0.5) is 0 Å². The Kier molecular flexibility index (Phi) is 8.81. The first-order chi connectivity index (χ1) is 14.5. The molecule has 1 N–H and O–H groups in total. The number of piperazine rings is 1. The van der Waals surface area contributed by atoms with E-state index in [4.69, 9.17) is 9.47 Å². The lowest BCUT2D eigenvalue weighted by Gasteiger charge is -2.48. The van der Waals surface area contributed by atoms with Crippen molar-refractivity contribution in [2.75, 3.05) is 53.0 Å². The SMILES string of the molecule is CCOc1cc(CN2CCN(C3CCN(C(C)C)CC3)C(CCO)C2)ccc1OC. The van der Waals surface area contributed by atoms with Crippen molar-refractivity contribution in [3.63, 3.8) is 0 Å². The molecule has 2 heterocycles. The molecule has 0 spiro atoms. The van der Waals surface area contributed by atoms with Crippen LogP contribution in [-0.2, 0) is 6.54 Å². The second-order valence-electron chi connectivity index (χ2n) is 8.92. The van der Waals surface area contributed by atoms with Crippen molar-refractivity contribution >= 4 is 0 Å². The minimum absolute atomic E-state index is 0.261. The van der Waals surface area contributed by atoms with E-state index in [9.17, 15) is 5.11 Å². The number of methoxy groups -OCH3 is 1. The summed E-state index contributed by atoms with van der Waals surface area (Å²) < 4.78 is 11.2. The first kappa shape index (κ1) is 23.3. The van der Waals surface area contributed by atoms with Gasteiger partial charge in [0.1, 0.15) is 0 Å². The molecule has 2 aliphatic heterocycles. The van der Waals surface area contributed by atoms with Crippen molar-refractivity contribution in [1.29, 1.82) is 0 Å². The first-order valence-electron chi connectivity index (χ1n) is 11.7. The van der Waals surface area contributed by atoms with Crippen LogP contribution in [0.3, 0.4) is 0 Å². The van der Waals surface area contributed by atoms with Crippen LogP contribution in [-0.4, -0.2) is 91.0 Å². The zero-order valence-electron chi connectivity index (χ0n) is 19.3. The van der Waals surface area contributed by atoms with Crippen molar-refractivity contribution in [1.82, 2.24) is 14.7 Å². The van der Waals surface area contributed by atoms with Gasteiger partial charge in [0, 0.05) is 50.9 Å². The Morgan fingerprint density at radius 3 is 2.50 bits per heavy atom. The minimum atomic E-state index is 0.261. The fourth-order valence-corrected chi connectivity index (χ4v) is 5.04. The number of hydrogen-bond donors (Lipinski definition) is 1. The molecule has 6 nitrogen and oxygen atoms in total. The summed E-state index contributed by atoms with van der Waals surface area (Å²) in [5, 5.41) is 9.69. The number of rotatable bonds is 9. The molecule has 3 rings (SSSR count). The van der Waals surface area contributed by atoms with Gasteiger partial charge in [-0.05, 0) is 70.8 Å². The second kappa shape index (κ2) is 11.3. The minimum Gasteiger partial charge on any atom is -0.493 e. The van der Waals surface area contributed by atoms with Gasteiger partial charge < -0.3 is 19.5 Å². The van der Waals surface area contributed by atoms with Crippen LogP contribution < -0.4 is 9.47 Å². The average molecular weight is 420 g/mol. The molecule has 0 aromatic heterocycles. The van der Waals surface area contributed by atoms with Gasteiger partial charge in [0.05, 0.1) is 13.7 Å². The fourth-order valence-electron chi connectivity index (χ4n) is 5.04. The van der Waals surface area contributed by atoms with Gasteiger partial charge >= 0.3 is 0 Å². The number of likely N-dealkylation sites (tertiary alicyclic amines) is 1. The molecule has 6 heteroatoms. The molecule has 0 amide bonds. The summed E-state index contributed by atoms with van der Waals surface area (Å²) in [6.45, 7) is 14.0. The molecule has 0 saturated carbocycles. The lowest BCUT2D eigenvalue weighted by molar-refractivity contribution is -0.0000457. The Morgan fingerprint density at radius 1 is 1.10 bits per heavy atom. The number of ether oxygens (including phenoxy) is 2. The van der Waals surface area contributed by atoms with Crippen molar-refractivity contribution in [2.24, 2.45) is 0 Å². The number of benzene rings is 1. The normalized spacial score (nSPS) is 22.5. The number of hydrogen-bond acceptors (Lipinski definition) is 6. The third-order valence-electron chi connectivity index (χ3n) is 6.71. The van der Waals surface area contributed by atoms with Crippen LogP contribution in [0, 0.1) is 0 Å². The van der Waals surface area contributed by atoms with Crippen LogP contribution in [0.1, 0.15) is 45.6 Å². The van der Waals surface area contributed by atoms with Crippen LogP contribution in [0.15, 0.2) is 18.2 Å². The molecule has 1 aromatic rings. The van der Waals surface area contributed by atoms with E-state index in [-0.39, 0.29) is 6.61 Å². The number of nitrogens with zero attached hydrogens (tertiary/aromatic N) is 3. The summed E-state index contributed by atoms with van der Waals surface area (Å²) in [4.78, 5) is 7.81.